The molecule has 0 bridgehead atoms. The Balaban J connectivity index is 1.98. The van der Waals surface area contributed by atoms with Crippen LogP contribution in [0, 0.1) is 0 Å². The number of unbranched alkanes of at least 4 members (excludes halogenated alkanes) is 4. The average Bonchev–Trinajstić information content (AvgIpc) is 3.14. The predicted octanol–water partition coefficient (Wildman–Crippen LogP) is 10.1. The first kappa shape index (κ1) is 43.7. The lowest BCUT2D eigenvalue weighted by Gasteiger charge is -2.25. The van der Waals surface area contributed by atoms with Crippen molar-refractivity contribution in [1.29, 1.82) is 0 Å². The van der Waals surface area contributed by atoms with Crippen LogP contribution in [0.2, 0.25) is 0 Å². The number of aliphatic hydroxyl groups is 2. The molecule has 10 heteroatoms. The topological polar surface area (TPSA) is 143 Å². The molecule has 2 aromatic carbocycles. The van der Waals surface area contributed by atoms with Gasteiger partial charge in [-0.2, -0.15) is 0 Å². The van der Waals surface area contributed by atoms with E-state index >= 15 is 0 Å². The molecule has 50 heavy (non-hydrogen) atoms. The predicted molar refractivity (Wildman–Crippen MR) is 203 cm³/mol. The number of Topliss-reactive ketones (excluding diaryl/α,β-unsaturated/α-hetero) is 4. The summed E-state index contributed by atoms with van der Waals surface area (Å²) in [5.41, 5.74) is 1.24. The zero-order valence-corrected chi connectivity index (χ0v) is 32.5. The van der Waals surface area contributed by atoms with Gasteiger partial charge in [0.2, 0.25) is 0 Å². The molecular weight excluding hydrogens is 670 g/mol. The van der Waals surface area contributed by atoms with Crippen LogP contribution in [0.5, 0.6) is 0 Å². The Labute approximate surface area is 300 Å². The van der Waals surface area contributed by atoms with Crippen molar-refractivity contribution in [3.8, 4) is 0 Å². The van der Waals surface area contributed by atoms with Gasteiger partial charge in [-0.15, -0.1) is 0 Å². The SMILES string of the molecule is CCCCP(=O)(CCCC)C(O)c1ccccc1C(=O)CCC(=O)CCC(=O)CCC(=O)c1ccccc1C(O)P(=O)(CCCC)CCCC. The van der Waals surface area contributed by atoms with Gasteiger partial charge < -0.3 is 19.3 Å². The summed E-state index contributed by atoms with van der Waals surface area (Å²) in [7, 11) is -6.00. The lowest BCUT2D eigenvalue weighted by Crippen LogP contribution is -2.14. The minimum atomic E-state index is -3.00. The molecule has 0 radical (unpaired) electrons. The van der Waals surface area contributed by atoms with E-state index in [-0.39, 0.29) is 72.8 Å². The summed E-state index contributed by atoms with van der Waals surface area (Å²) >= 11 is 0. The first-order valence-corrected chi connectivity index (χ1v) is 23.0. The number of ketones is 4. The van der Waals surface area contributed by atoms with Gasteiger partial charge in [-0.1, -0.05) is 102 Å². The fraction of sp³-hybridized carbons (Fsp3) is 0.600. The second kappa shape index (κ2) is 22.4. The molecule has 8 nitrogen and oxygen atoms in total. The number of rotatable bonds is 27. The van der Waals surface area contributed by atoms with Gasteiger partial charge in [-0.05, 0) is 36.8 Å². The lowest BCUT2D eigenvalue weighted by atomic mass is 9.97. The molecule has 0 aromatic heterocycles. The number of hydrogen-bond donors (Lipinski definition) is 2. The summed E-state index contributed by atoms with van der Waals surface area (Å²) in [4.78, 5) is 51.9. The molecule has 0 fully saturated rings. The third-order valence-electron chi connectivity index (χ3n) is 9.48. The van der Waals surface area contributed by atoms with Gasteiger partial charge in [-0.25, -0.2) is 0 Å². The van der Waals surface area contributed by atoms with Crippen LogP contribution < -0.4 is 0 Å². The molecule has 2 rings (SSSR count). The maximum atomic E-state index is 13.9. The van der Waals surface area contributed by atoms with Crippen LogP contribution in [-0.2, 0) is 18.7 Å². The Morgan fingerprint density at radius 1 is 0.500 bits per heavy atom. The number of hydrogen-bond acceptors (Lipinski definition) is 8. The van der Waals surface area contributed by atoms with Crippen LogP contribution >= 0.6 is 14.3 Å². The molecule has 0 aliphatic carbocycles. The van der Waals surface area contributed by atoms with Gasteiger partial charge >= 0.3 is 0 Å². The summed E-state index contributed by atoms with van der Waals surface area (Å²) in [6.07, 6.45) is 7.56. The molecule has 0 aliphatic rings. The van der Waals surface area contributed by atoms with Gasteiger partial charge in [0.15, 0.2) is 11.6 Å². The fourth-order valence-corrected chi connectivity index (χ4v) is 12.5. The Bertz CT molecular complexity index is 1360. The summed E-state index contributed by atoms with van der Waals surface area (Å²) in [5.74, 6) is -3.63. The molecular formula is C40H60O8P2. The van der Waals surface area contributed by atoms with Gasteiger partial charge in [0.1, 0.15) is 37.5 Å². The van der Waals surface area contributed by atoms with E-state index in [1.54, 1.807) is 48.5 Å². The molecule has 0 saturated carbocycles. The van der Waals surface area contributed by atoms with Crippen molar-refractivity contribution >= 4 is 37.4 Å². The van der Waals surface area contributed by atoms with Crippen molar-refractivity contribution in [2.45, 2.75) is 129 Å². The fourth-order valence-electron chi connectivity index (χ4n) is 6.18. The minimum Gasteiger partial charge on any atom is -0.381 e. The Morgan fingerprint density at radius 2 is 0.780 bits per heavy atom. The first-order valence-electron chi connectivity index (χ1n) is 18.7. The third kappa shape index (κ3) is 13.2. The van der Waals surface area contributed by atoms with Crippen molar-refractivity contribution in [1.82, 2.24) is 0 Å². The van der Waals surface area contributed by atoms with Crippen LogP contribution in [0.15, 0.2) is 48.5 Å². The molecule has 2 N–H and O–H groups in total. The molecule has 0 saturated heterocycles. The normalized spacial score (nSPS) is 13.2. The highest BCUT2D eigenvalue weighted by Gasteiger charge is 2.35. The highest BCUT2D eigenvalue weighted by molar-refractivity contribution is 7.64. The zero-order chi connectivity index (χ0) is 37.2. The standard InChI is InChI=1S/C40H60O8P2/c1-5-9-27-49(47,28-10-6-2)39(45)35-19-15-13-17-33(35)37(43)25-23-31(41)21-22-32(42)24-26-38(44)34-18-14-16-20-36(34)40(46)50(48,29-11-7-3)30-12-8-4/h13-20,39-40,45-46H,5-12,21-30H2,1-4H3. The second-order valence-electron chi connectivity index (χ2n) is 13.6. The monoisotopic (exact) mass is 730 g/mol. The smallest absolute Gasteiger partial charge is 0.163 e. The van der Waals surface area contributed by atoms with Crippen LogP contribution in [-0.4, -0.2) is 58.0 Å². The summed E-state index contributed by atoms with van der Waals surface area (Å²) in [6.45, 7) is 8.04. The second-order valence-corrected chi connectivity index (χ2v) is 20.1. The molecule has 278 valence electrons. The maximum Gasteiger partial charge on any atom is 0.163 e. The van der Waals surface area contributed by atoms with Gasteiger partial charge in [0.05, 0.1) is 0 Å². The number of carbonyl (C=O) groups is 4. The molecule has 2 atom stereocenters. The molecule has 0 heterocycles. The molecule has 2 aromatic rings. The van der Waals surface area contributed by atoms with E-state index in [1.807, 2.05) is 27.7 Å². The van der Waals surface area contributed by atoms with Crippen LogP contribution in [0.1, 0.15) is 161 Å². The summed E-state index contributed by atoms with van der Waals surface area (Å²) < 4.78 is 27.7. The Morgan fingerprint density at radius 3 is 1.08 bits per heavy atom. The first-order chi connectivity index (χ1) is 23.9. The largest absolute Gasteiger partial charge is 0.381 e. The number of carbonyl (C=O) groups excluding carboxylic acids is 4. The van der Waals surface area contributed by atoms with Crippen molar-refractivity contribution < 1.29 is 38.5 Å². The van der Waals surface area contributed by atoms with E-state index in [4.69, 9.17) is 0 Å². The van der Waals surface area contributed by atoms with E-state index < -0.39 is 26.0 Å². The van der Waals surface area contributed by atoms with Crippen LogP contribution in [0.25, 0.3) is 0 Å². The van der Waals surface area contributed by atoms with Gasteiger partial charge in [-0.3, -0.25) is 19.2 Å². The summed E-state index contributed by atoms with van der Waals surface area (Å²) in [5, 5.41) is 22.6. The van der Waals surface area contributed by atoms with Crippen LogP contribution in [0.4, 0.5) is 0 Å². The lowest BCUT2D eigenvalue weighted by molar-refractivity contribution is -0.124. The minimum absolute atomic E-state index is 0.0544. The highest BCUT2D eigenvalue weighted by atomic mass is 31.2. The van der Waals surface area contributed by atoms with Crippen LogP contribution in [0.3, 0.4) is 0 Å². The molecule has 0 amide bonds. The summed E-state index contributed by atoms with van der Waals surface area (Å²) in [6, 6.07) is 13.3. The third-order valence-corrected chi connectivity index (χ3v) is 16.1. The molecule has 0 aliphatic heterocycles. The van der Waals surface area contributed by atoms with Gasteiger partial charge in [0, 0.05) is 74.3 Å². The molecule has 2 unspecified atom stereocenters. The zero-order valence-electron chi connectivity index (χ0n) is 30.7. The molecule has 0 spiro atoms. The van der Waals surface area contributed by atoms with Crippen molar-refractivity contribution in [2.24, 2.45) is 0 Å². The Hall–Kier alpha value is -2.50. The van der Waals surface area contributed by atoms with Gasteiger partial charge in [0.25, 0.3) is 0 Å². The van der Waals surface area contributed by atoms with Crippen molar-refractivity contribution in [3.63, 3.8) is 0 Å². The van der Waals surface area contributed by atoms with Crippen molar-refractivity contribution in [2.75, 3.05) is 24.6 Å². The maximum absolute atomic E-state index is 13.9. The Kier molecular flexibility index (Phi) is 19.6. The van der Waals surface area contributed by atoms with E-state index in [0.29, 0.717) is 35.8 Å². The van der Waals surface area contributed by atoms with E-state index in [2.05, 4.69) is 0 Å². The number of aliphatic hydroxyl groups excluding tert-OH is 2. The number of benzene rings is 2. The van der Waals surface area contributed by atoms with Crippen molar-refractivity contribution in [3.05, 3.63) is 70.8 Å². The highest BCUT2D eigenvalue weighted by Crippen LogP contribution is 2.60. The quantitative estimate of drug-likeness (QED) is 0.0683. The van der Waals surface area contributed by atoms with E-state index in [1.165, 1.54) is 0 Å². The van der Waals surface area contributed by atoms with E-state index in [0.717, 1.165) is 51.4 Å². The average molecular weight is 731 g/mol. The van der Waals surface area contributed by atoms with E-state index in [9.17, 15) is 38.5 Å².